The Morgan fingerprint density at radius 2 is 1.96 bits per heavy atom. The fourth-order valence-corrected chi connectivity index (χ4v) is 4.72. The zero-order valence-corrected chi connectivity index (χ0v) is 16.6. The average molecular weight is 360 g/mol. The van der Waals surface area contributed by atoms with Crippen molar-refractivity contribution in [2.75, 3.05) is 0 Å². The summed E-state index contributed by atoms with van der Waals surface area (Å²) in [5.74, 6) is -0.441. The van der Waals surface area contributed by atoms with Crippen LogP contribution in [0.25, 0.3) is 0 Å². The molecule has 5 atom stereocenters. The minimum absolute atomic E-state index is 0.0731. The standard InChI is InChI=1S/C22H32O4/c1-14-7-6-11-22(5)19(25-22)13-17-10-12-21(4,26-20(24)15(17)2)18(9-8-14)16(3)23/h7,17-19H,2,6,8-13H2,1,3-5H3/b14-7+/t17-,18-,19-,21-,22+/m1/s1. The van der Waals surface area contributed by atoms with E-state index in [9.17, 15) is 9.59 Å². The van der Waals surface area contributed by atoms with E-state index >= 15 is 0 Å². The largest absolute Gasteiger partial charge is 0.455 e. The molecule has 3 rings (SSSR count). The number of ketones is 1. The minimum Gasteiger partial charge on any atom is -0.455 e. The van der Waals surface area contributed by atoms with E-state index in [2.05, 4.69) is 26.5 Å². The Morgan fingerprint density at radius 3 is 2.65 bits per heavy atom. The molecule has 3 aliphatic rings. The van der Waals surface area contributed by atoms with Gasteiger partial charge >= 0.3 is 5.97 Å². The van der Waals surface area contributed by atoms with E-state index in [4.69, 9.17) is 9.47 Å². The molecule has 0 saturated carbocycles. The summed E-state index contributed by atoms with van der Waals surface area (Å²) in [6, 6.07) is 0. The summed E-state index contributed by atoms with van der Waals surface area (Å²) in [7, 11) is 0. The third-order valence-electron chi connectivity index (χ3n) is 6.79. The van der Waals surface area contributed by atoms with Crippen LogP contribution in [-0.4, -0.2) is 29.1 Å². The second kappa shape index (κ2) is 6.95. The first kappa shape index (κ1) is 19.3. The van der Waals surface area contributed by atoms with Crippen molar-refractivity contribution in [1.82, 2.24) is 0 Å². The van der Waals surface area contributed by atoms with E-state index < -0.39 is 5.60 Å². The lowest BCUT2D eigenvalue weighted by Gasteiger charge is -2.35. The molecule has 0 radical (unpaired) electrons. The monoisotopic (exact) mass is 360 g/mol. The van der Waals surface area contributed by atoms with Crippen molar-refractivity contribution >= 4 is 11.8 Å². The number of epoxide rings is 1. The smallest absolute Gasteiger partial charge is 0.334 e. The van der Waals surface area contributed by atoms with Gasteiger partial charge in [0.05, 0.1) is 17.6 Å². The van der Waals surface area contributed by atoms with Crippen molar-refractivity contribution < 1.29 is 19.1 Å². The van der Waals surface area contributed by atoms with Gasteiger partial charge in [-0.25, -0.2) is 4.79 Å². The Bertz CT molecular complexity index is 649. The molecule has 2 bridgehead atoms. The first-order valence-corrected chi connectivity index (χ1v) is 9.91. The molecule has 1 aliphatic carbocycles. The lowest BCUT2D eigenvalue weighted by Crippen LogP contribution is -2.42. The third kappa shape index (κ3) is 3.80. The van der Waals surface area contributed by atoms with Gasteiger partial charge in [-0.2, -0.15) is 0 Å². The van der Waals surface area contributed by atoms with E-state index in [-0.39, 0.29) is 35.3 Å². The molecule has 26 heavy (non-hydrogen) atoms. The van der Waals surface area contributed by atoms with Gasteiger partial charge in [0.2, 0.25) is 0 Å². The molecule has 144 valence electrons. The fourth-order valence-electron chi connectivity index (χ4n) is 4.72. The quantitative estimate of drug-likeness (QED) is 0.298. The second-order valence-corrected chi connectivity index (χ2v) is 8.91. The maximum Gasteiger partial charge on any atom is 0.334 e. The SMILES string of the molecule is C=C1C(=O)O[C@]2(C)CC[C@@H]1C[C@H]1O[C@@]1(C)CC/C=C(\C)CC[C@@H]2C(C)=O. The Labute approximate surface area is 157 Å². The number of fused-ring (bicyclic) bond motifs is 4. The maximum atomic E-state index is 12.7. The molecule has 2 saturated heterocycles. The van der Waals surface area contributed by atoms with Crippen LogP contribution in [0.5, 0.6) is 0 Å². The summed E-state index contributed by atoms with van der Waals surface area (Å²) in [5, 5.41) is 0. The molecule has 0 unspecified atom stereocenters. The van der Waals surface area contributed by atoms with Gasteiger partial charge in [-0.05, 0) is 78.6 Å². The summed E-state index contributed by atoms with van der Waals surface area (Å²) in [4.78, 5) is 25.1. The van der Waals surface area contributed by atoms with Crippen LogP contribution in [0.3, 0.4) is 0 Å². The van der Waals surface area contributed by atoms with E-state index in [1.165, 1.54) is 5.57 Å². The highest BCUT2D eigenvalue weighted by atomic mass is 16.6. The summed E-state index contributed by atoms with van der Waals surface area (Å²) < 4.78 is 11.9. The molecule has 0 aromatic carbocycles. The topological polar surface area (TPSA) is 55.9 Å². The fraction of sp³-hybridized carbons (Fsp3) is 0.727. The number of hydrogen-bond donors (Lipinski definition) is 0. The van der Waals surface area contributed by atoms with Crippen LogP contribution in [0.2, 0.25) is 0 Å². The average Bonchev–Trinajstić information content (AvgIpc) is 3.20. The second-order valence-electron chi connectivity index (χ2n) is 8.91. The van der Waals surface area contributed by atoms with Gasteiger partial charge in [-0.3, -0.25) is 4.79 Å². The Kier molecular flexibility index (Phi) is 5.17. The van der Waals surface area contributed by atoms with Gasteiger partial charge < -0.3 is 9.47 Å². The summed E-state index contributed by atoms with van der Waals surface area (Å²) >= 11 is 0. The third-order valence-corrected chi connectivity index (χ3v) is 6.79. The van der Waals surface area contributed by atoms with E-state index in [0.29, 0.717) is 12.0 Å². The van der Waals surface area contributed by atoms with E-state index in [1.807, 2.05) is 6.92 Å². The highest BCUT2D eigenvalue weighted by Gasteiger charge is 2.53. The normalized spacial score (nSPS) is 43.4. The summed E-state index contributed by atoms with van der Waals surface area (Å²) in [5.41, 5.74) is 0.999. The molecule has 0 N–H and O–H groups in total. The molecule has 2 aliphatic heterocycles. The Hall–Kier alpha value is -1.42. The van der Waals surface area contributed by atoms with Gasteiger partial charge in [-0.15, -0.1) is 0 Å². The summed E-state index contributed by atoms with van der Waals surface area (Å²) in [6.07, 6.45) is 8.32. The van der Waals surface area contributed by atoms with Crippen molar-refractivity contribution in [1.29, 1.82) is 0 Å². The van der Waals surface area contributed by atoms with Crippen LogP contribution in [0.1, 0.15) is 72.6 Å². The van der Waals surface area contributed by atoms with Crippen molar-refractivity contribution in [2.24, 2.45) is 11.8 Å². The van der Waals surface area contributed by atoms with E-state index in [1.54, 1.807) is 6.92 Å². The molecule has 2 heterocycles. The first-order chi connectivity index (χ1) is 12.1. The number of allylic oxidation sites excluding steroid dienone is 2. The van der Waals surface area contributed by atoms with Crippen LogP contribution < -0.4 is 0 Å². The summed E-state index contributed by atoms with van der Waals surface area (Å²) in [6.45, 7) is 11.9. The number of ether oxygens (including phenoxy) is 2. The van der Waals surface area contributed by atoms with Crippen LogP contribution >= 0.6 is 0 Å². The highest BCUT2D eigenvalue weighted by molar-refractivity contribution is 5.89. The predicted molar refractivity (Wildman–Crippen MR) is 101 cm³/mol. The molecular weight excluding hydrogens is 328 g/mol. The van der Waals surface area contributed by atoms with Crippen LogP contribution in [0.4, 0.5) is 0 Å². The zero-order valence-electron chi connectivity index (χ0n) is 16.6. The molecular formula is C22H32O4. The maximum absolute atomic E-state index is 12.7. The number of carbonyl (C=O) groups is 2. The Morgan fingerprint density at radius 1 is 1.23 bits per heavy atom. The number of rotatable bonds is 1. The molecule has 4 nitrogen and oxygen atoms in total. The number of carbonyl (C=O) groups excluding carboxylic acids is 2. The van der Waals surface area contributed by atoms with Gasteiger partial charge in [0.25, 0.3) is 0 Å². The van der Waals surface area contributed by atoms with Crippen LogP contribution in [-0.2, 0) is 19.1 Å². The van der Waals surface area contributed by atoms with Gasteiger partial charge in [0.15, 0.2) is 0 Å². The van der Waals surface area contributed by atoms with Gasteiger partial charge in [0.1, 0.15) is 11.4 Å². The van der Waals surface area contributed by atoms with Crippen molar-refractivity contribution in [3.8, 4) is 0 Å². The molecule has 0 aromatic rings. The zero-order chi connectivity index (χ0) is 19.1. The predicted octanol–water partition coefficient (Wildman–Crippen LogP) is 4.53. The lowest BCUT2D eigenvalue weighted by atomic mass is 9.77. The Balaban J connectivity index is 1.91. The molecule has 0 aromatic heterocycles. The van der Waals surface area contributed by atoms with Gasteiger partial charge in [-0.1, -0.05) is 18.2 Å². The minimum atomic E-state index is -0.751. The van der Waals surface area contributed by atoms with Crippen molar-refractivity contribution in [2.45, 2.75) is 89.9 Å². The first-order valence-electron chi connectivity index (χ1n) is 9.91. The van der Waals surface area contributed by atoms with Gasteiger partial charge in [0, 0.05) is 5.57 Å². The van der Waals surface area contributed by atoms with E-state index in [0.717, 1.165) is 38.5 Å². The number of esters is 1. The molecule has 2 fully saturated rings. The highest BCUT2D eigenvalue weighted by Crippen LogP contribution is 2.47. The number of Topliss-reactive ketones (excluding diaryl/α,β-unsaturated/α-hetero) is 1. The lowest BCUT2D eigenvalue weighted by molar-refractivity contribution is -0.161. The van der Waals surface area contributed by atoms with Crippen LogP contribution in [0.15, 0.2) is 23.8 Å². The van der Waals surface area contributed by atoms with Crippen molar-refractivity contribution in [3.05, 3.63) is 23.8 Å². The van der Waals surface area contributed by atoms with Crippen LogP contribution in [0, 0.1) is 11.8 Å². The molecule has 0 spiro atoms. The molecule has 4 heteroatoms. The molecule has 0 amide bonds. The van der Waals surface area contributed by atoms with Crippen molar-refractivity contribution in [3.63, 3.8) is 0 Å². The number of hydrogen-bond acceptors (Lipinski definition) is 4.